The van der Waals surface area contributed by atoms with Crippen molar-refractivity contribution < 1.29 is 9.53 Å². The van der Waals surface area contributed by atoms with Gasteiger partial charge in [-0.3, -0.25) is 0 Å². The summed E-state index contributed by atoms with van der Waals surface area (Å²) in [6, 6.07) is 0. The van der Waals surface area contributed by atoms with Crippen molar-refractivity contribution in [1.29, 1.82) is 0 Å². The van der Waals surface area contributed by atoms with Gasteiger partial charge in [0.1, 0.15) is 0 Å². The second kappa shape index (κ2) is 2.67. The molecule has 0 aliphatic carbocycles. The van der Waals surface area contributed by atoms with Gasteiger partial charge in [-0.1, -0.05) is 13.0 Å². The predicted molar refractivity (Wildman–Crippen MR) is 33.9 cm³/mol. The van der Waals surface area contributed by atoms with Crippen LogP contribution in [0.4, 0.5) is 0 Å². The van der Waals surface area contributed by atoms with Crippen LogP contribution in [-0.2, 0) is 9.53 Å². The molecule has 0 aromatic heterocycles. The van der Waals surface area contributed by atoms with Crippen molar-refractivity contribution in [1.82, 2.24) is 0 Å². The second-order valence-corrected chi connectivity index (χ2v) is 2.16. The lowest BCUT2D eigenvalue weighted by Crippen LogP contribution is -2.15. The Labute approximate surface area is 54.5 Å². The lowest BCUT2D eigenvalue weighted by Gasteiger charge is -2.13. The lowest BCUT2D eigenvalue weighted by molar-refractivity contribution is -0.139. The summed E-state index contributed by atoms with van der Waals surface area (Å²) in [5, 5.41) is 0. The molecule has 2 nitrogen and oxygen atoms in total. The highest BCUT2D eigenvalue weighted by Gasteiger charge is 2.10. The standard InChI is InChI=1S/C7H10O2/c1-2-6-3-4-7(8)9-5-6/h3-4,6H,2,5H2,1H3. The van der Waals surface area contributed by atoms with Crippen LogP contribution in [0.3, 0.4) is 0 Å². The molecule has 0 radical (unpaired) electrons. The third-order valence-corrected chi connectivity index (χ3v) is 1.47. The number of carbonyl (C=O) groups is 1. The largest absolute Gasteiger partial charge is 0.462 e. The molecule has 1 rings (SSSR count). The Balaban J connectivity index is 2.48. The average molecular weight is 126 g/mol. The van der Waals surface area contributed by atoms with Crippen LogP contribution in [-0.4, -0.2) is 12.6 Å². The van der Waals surface area contributed by atoms with E-state index in [0.717, 1.165) is 6.42 Å². The molecule has 0 amide bonds. The van der Waals surface area contributed by atoms with Crippen LogP contribution in [0.1, 0.15) is 13.3 Å². The van der Waals surface area contributed by atoms with Gasteiger partial charge in [0.2, 0.25) is 0 Å². The van der Waals surface area contributed by atoms with Crippen LogP contribution in [0.25, 0.3) is 0 Å². The summed E-state index contributed by atoms with van der Waals surface area (Å²) in [6.45, 7) is 2.64. The van der Waals surface area contributed by atoms with Gasteiger partial charge in [-0.25, -0.2) is 4.79 Å². The Morgan fingerprint density at radius 3 is 3.11 bits per heavy atom. The molecule has 1 aliphatic heterocycles. The number of carbonyl (C=O) groups excluding carboxylic acids is 1. The molecule has 0 aromatic carbocycles. The molecule has 0 saturated heterocycles. The lowest BCUT2D eigenvalue weighted by atomic mass is 10.1. The SMILES string of the molecule is CCC1C=CC(=O)OC1. The van der Waals surface area contributed by atoms with Gasteiger partial charge >= 0.3 is 5.97 Å². The number of rotatable bonds is 1. The van der Waals surface area contributed by atoms with Crippen molar-refractivity contribution >= 4 is 5.97 Å². The molecule has 1 aliphatic rings. The summed E-state index contributed by atoms with van der Waals surface area (Å²) < 4.78 is 4.76. The molecular weight excluding hydrogens is 116 g/mol. The third kappa shape index (κ3) is 1.56. The number of hydrogen-bond donors (Lipinski definition) is 0. The smallest absolute Gasteiger partial charge is 0.330 e. The van der Waals surface area contributed by atoms with E-state index in [4.69, 9.17) is 4.74 Å². The van der Waals surface area contributed by atoms with E-state index in [1.807, 2.05) is 6.08 Å². The number of esters is 1. The Hall–Kier alpha value is -0.790. The molecule has 1 heterocycles. The summed E-state index contributed by atoms with van der Waals surface area (Å²) in [5.41, 5.74) is 0. The van der Waals surface area contributed by atoms with Gasteiger partial charge in [-0.2, -0.15) is 0 Å². The first-order valence-electron chi connectivity index (χ1n) is 3.18. The first-order chi connectivity index (χ1) is 4.33. The summed E-state index contributed by atoms with van der Waals surface area (Å²) in [7, 11) is 0. The maximum Gasteiger partial charge on any atom is 0.330 e. The molecule has 0 spiro atoms. The van der Waals surface area contributed by atoms with Crippen molar-refractivity contribution in [2.75, 3.05) is 6.61 Å². The zero-order valence-corrected chi connectivity index (χ0v) is 5.46. The fourth-order valence-corrected chi connectivity index (χ4v) is 0.761. The average Bonchev–Trinajstić information content (AvgIpc) is 1.90. The van der Waals surface area contributed by atoms with Crippen LogP contribution < -0.4 is 0 Å². The maximum atomic E-state index is 10.4. The molecule has 2 heteroatoms. The minimum atomic E-state index is -0.209. The van der Waals surface area contributed by atoms with Crippen molar-refractivity contribution in [3.05, 3.63) is 12.2 Å². The van der Waals surface area contributed by atoms with Crippen LogP contribution in [0.5, 0.6) is 0 Å². The van der Waals surface area contributed by atoms with Gasteiger partial charge in [0, 0.05) is 12.0 Å². The molecule has 0 aromatic rings. The molecule has 0 saturated carbocycles. The molecule has 0 bridgehead atoms. The van der Waals surface area contributed by atoms with E-state index in [-0.39, 0.29) is 5.97 Å². The Kier molecular flexibility index (Phi) is 1.88. The Morgan fingerprint density at radius 1 is 1.89 bits per heavy atom. The van der Waals surface area contributed by atoms with E-state index in [1.165, 1.54) is 6.08 Å². The molecular formula is C7H10O2. The monoisotopic (exact) mass is 126 g/mol. The second-order valence-electron chi connectivity index (χ2n) is 2.16. The van der Waals surface area contributed by atoms with Crippen LogP contribution in [0.15, 0.2) is 12.2 Å². The summed E-state index contributed by atoms with van der Waals surface area (Å²) >= 11 is 0. The van der Waals surface area contributed by atoms with Crippen molar-refractivity contribution in [2.24, 2.45) is 5.92 Å². The van der Waals surface area contributed by atoms with Crippen molar-refractivity contribution in [2.45, 2.75) is 13.3 Å². The van der Waals surface area contributed by atoms with E-state index >= 15 is 0 Å². The van der Waals surface area contributed by atoms with E-state index in [1.54, 1.807) is 0 Å². The highest BCUT2D eigenvalue weighted by molar-refractivity contribution is 5.82. The fraction of sp³-hybridized carbons (Fsp3) is 0.571. The fourth-order valence-electron chi connectivity index (χ4n) is 0.761. The molecule has 0 fully saturated rings. The van der Waals surface area contributed by atoms with Gasteiger partial charge in [0.05, 0.1) is 6.61 Å². The van der Waals surface area contributed by atoms with Crippen molar-refractivity contribution in [3.63, 3.8) is 0 Å². The first-order valence-corrected chi connectivity index (χ1v) is 3.18. The highest BCUT2D eigenvalue weighted by atomic mass is 16.5. The van der Waals surface area contributed by atoms with E-state index in [9.17, 15) is 4.79 Å². The summed E-state index contributed by atoms with van der Waals surface area (Å²) in [6.07, 6.45) is 4.45. The zero-order chi connectivity index (χ0) is 6.69. The van der Waals surface area contributed by atoms with Crippen LogP contribution in [0, 0.1) is 5.92 Å². The predicted octanol–water partition coefficient (Wildman–Crippen LogP) is 1.13. The summed E-state index contributed by atoms with van der Waals surface area (Å²) in [4.78, 5) is 10.4. The van der Waals surface area contributed by atoms with Gasteiger partial charge in [0.15, 0.2) is 0 Å². The van der Waals surface area contributed by atoms with E-state index in [2.05, 4.69) is 6.92 Å². The van der Waals surface area contributed by atoms with Gasteiger partial charge in [-0.05, 0) is 6.42 Å². The zero-order valence-electron chi connectivity index (χ0n) is 5.46. The Bertz CT molecular complexity index is 138. The van der Waals surface area contributed by atoms with E-state index < -0.39 is 0 Å². The normalized spacial score (nSPS) is 25.9. The molecule has 9 heavy (non-hydrogen) atoms. The van der Waals surface area contributed by atoms with Crippen LogP contribution in [0.2, 0.25) is 0 Å². The molecule has 50 valence electrons. The topological polar surface area (TPSA) is 26.3 Å². The number of cyclic esters (lactones) is 1. The number of ether oxygens (including phenoxy) is 1. The van der Waals surface area contributed by atoms with Crippen LogP contribution >= 0.6 is 0 Å². The van der Waals surface area contributed by atoms with Gasteiger partial charge in [0.25, 0.3) is 0 Å². The Morgan fingerprint density at radius 2 is 2.67 bits per heavy atom. The quantitative estimate of drug-likeness (QED) is 0.492. The maximum absolute atomic E-state index is 10.4. The van der Waals surface area contributed by atoms with Gasteiger partial charge in [-0.15, -0.1) is 0 Å². The first kappa shape index (κ1) is 6.33. The van der Waals surface area contributed by atoms with Gasteiger partial charge < -0.3 is 4.74 Å². The highest BCUT2D eigenvalue weighted by Crippen LogP contribution is 2.09. The minimum absolute atomic E-state index is 0.209. The molecule has 0 N–H and O–H groups in total. The third-order valence-electron chi connectivity index (χ3n) is 1.47. The number of hydrogen-bond acceptors (Lipinski definition) is 2. The molecule has 1 atom stereocenters. The van der Waals surface area contributed by atoms with E-state index in [0.29, 0.717) is 12.5 Å². The molecule has 1 unspecified atom stereocenters. The van der Waals surface area contributed by atoms with Crippen molar-refractivity contribution in [3.8, 4) is 0 Å². The minimum Gasteiger partial charge on any atom is -0.462 e. The summed E-state index contributed by atoms with van der Waals surface area (Å²) in [5.74, 6) is 0.238.